The summed E-state index contributed by atoms with van der Waals surface area (Å²) in [5.41, 5.74) is -0.614. The van der Waals surface area contributed by atoms with Crippen molar-refractivity contribution in [1.29, 1.82) is 0 Å². The van der Waals surface area contributed by atoms with Crippen LogP contribution in [0.5, 0.6) is 0 Å². The Morgan fingerprint density at radius 2 is 2.27 bits per heavy atom. The fraction of sp³-hybridized carbons (Fsp3) is 0.800. The van der Waals surface area contributed by atoms with E-state index in [-0.39, 0.29) is 0 Å². The van der Waals surface area contributed by atoms with Gasteiger partial charge in [0.25, 0.3) is 0 Å². The summed E-state index contributed by atoms with van der Waals surface area (Å²) in [5.74, 6) is 3.39. The number of terminal acetylenes is 1. The highest BCUT2D eigenvalue weighted by Crippen LogP contribution is 2.35. The van der Waals surface area contributed by atoms with Crippen LogP contribution in [0.1, 0.15) is 39.0 Å². The van der Waals surface area contributed by atoms with Gasteiger partial charge >= 0.3 is 0 Å². The smallest absolute Gasteiger partial charge is 0.0728 e. The van der Waals surface area contributed by atoms with Crippen LogP contribution < -0.4 is 0 Å². The van der Waals surface area contributed by atoms with Gasteiger partial charge in [0.1, 0.15) is 0 Å². The van der Waals surface area contributed by atoms with Crippen molar-refractivity contribution in [2.24, 2.45) is 5.92 Å². The largest absolute Gasteiger partial charge is 0.389 e. The first-order valence-corrected chi connectivity index (χ1v) is 4.30. The molecule has 0 spiro atoms. The third-order valence-corrected chi connectivity index (χ3v) is 2.27. The summed E-state index contributed by atoms with van der Waals surface area (Å²) in [6, 6.07) is 0. The van der Waals surface area contributed by atoms with Crippen LogP contribution in [0.15, 0.2) is 0 Å². The third kappa shape index (κ3) is 3.43. The minimum absolute atomic E-state index is 0.486. The second kappa shape index (κ2) is 3.28. The monoisotopic (exact) mass is 152 g/mol. The molecule has 1 saturated carbocycles. The van der Waals surface area contributed by atoms with E-state index in [0.717, 1.165) is 18.8 Å². The topological polar surface area (TPSA) is 20.2 Å². The van der Waals surface area contributed by atoms with Gasteiger partial charge in [-0.2, -0.15) is 0 Å². The van der Waals surface area contributed by atoms with Gasteiger partial charge < -0.3 is 5.11 Å². The van der Waals surface area contributed by atoms with Crippen molar-refractivity contribution in [1.82, 2.24) is 0 Å². The van der Waals surface area contributed by atoms with Crippen LogP contribution in [0.4, 0.5) is 0 Å². The molecule has 0 amide bonds. The minimum atomic E-state index is -0.614. The van der Waals surface area contributed by atoms with Crippen LogP contribution in [-0.4, -0.2) is 10.7 Å². The quantitative estimate of drug-likeness (QED) is 0.610. The lowest BCUT2D eigenvalue weighted by atomic mass is 9.95. The van der Waals surface area contributed by atoms with Crippen molar-refractivity contribution < 1.29 is 5.11 Å². The normalized spacial score (nSPS) is 22.3. The van der Waals surface area contributed by atoms with Crippen LogP contribution in [-0.2, 0) is 0 Å². The maximum Gasteiger partial charge on any atom is 0.0728 e. The van der Waals surface area contributed by atoms with Crippen molar-refractivity contribution in [3.63, 3.8) is 0 Å². The number of aliphatic hydroxyl groups is 1. The Balaban J connectivity index is 2.16. The summed E-state index contributed by atoms with van der Waals surface area (Å²) in [5, 5.41) is 9.65. The molecule has 0 bridgehead atoms. The lowest BCUT2D eigenvalue weighted by Gasteiger charge is -2.19. The molecule has 62 valence electrons. The average molecular weight is 152 g/mol. The molecule has 0 aromatic rings. The molecule has 0 radical (unpaired) electrons. The molecular weight excluding hydrogens is 136 g/mol. The van der Waals surface area contributed by atoms with E-state index in [4.69, 9.17) is 6.42 Å². The molecule has 0 aromatic carbocycles. The first-order valence-electron chi connectivity index (χ1n) is 4.30. The molecule has 1 nitrogen and oxygen atoms in total. The maximum atomic E-state index is 9.65. The highest BCUT2D eigenvalue weighted by molar-refractivity contribution is 4.93. The van der Waals surface area contributed by atoms with E-state index in [0.29, 0.717) is 6.42 Å². The fourth-order valence-electron chi connectivity index (χ4n) is 1.23. The molecule has 0 saturated heterocycles. The molecule has 1 atom stereocenters. The molecule has 1 aliphatic rings. The van der Waals surface area contributed by atoms with Gasteiger partial charge in [0, 0.05) is 6.42 Å². The van der Waals surface area contributed by atoms with Crippen LogP contribution in [0.25, 0.3) is 0 Å². The molecule has 1 aliphatic carbocycles. The number of hydrogen-bond acceptors (Lipinski definition) is 1. The van der Waals surface area contributed by atoms with Crippen LogP contribution in [0, 0.1) is 18.3 Å². The van der Waals surface area contributed by atoms with E-state index < -0.39 is 5.60 Å². The van der Waals surface area contributed by atoms with Gasteiger partial charge in [-0.1, -0.05) is 12.8 Å². The molecule has 1 fully saturated rings. The molecule has 1 heteroatoms. The molecule has 11 heavy (non-hydrogen) atoms. The van der Waals surface area contributed by atoms with Crippen molar-refractivity contribution in [2.75, 3.05) is 0 Å². The Hall–Kier alpha value is -0.480. The summed E-state index contributed by atoms with van der Waals surface area (Å²) < 4.78 is 0. The van der Waals surface area contributed by atoms with Gasteiger partial charge in [-0.25, -0.2) is 0 Å². The Morgan fingerprint density at radius 1 is 1.64 bits per heavy atom. The second-order valence-electron chi connectivity index (χ2n) is 3.86. The fourth-order valence-corrected chi connectivity index (χ4v) is 1.23. The van der Waals surface area contributed by atoms with Gasteiger partial charge in [-0.3, -0.25) is 0 Å². The molecule has 0 aromatic heterocycles. The lowest BCUT2D eigenvalue weighted by Crippen LogP contribution is -2.23. The first kappa shape index (κ1) is 8.62. The zero-order valence-electron chi connectivity index (χ0n) is 7.14. The molecule has 1 rings (SSSR count). The summed E-state index contributed by atoms with van der Waals surface area (Å²) in [7, 11) is 0. The van der Waals surface area contributed by atoms with Gasteiger partial charge in [0.15, 0.2) is 0 Å². The van der Waals surface area contributed by atoms with Gasteiger partial charge in [0.05, 0.1) is 5.60 Å². The zero-order chi connectivity index (χ0) is 8.32. The third-order valence-electron chi connectivity index (χ3n) is 2.27. The van der Waals surface area contributed by atoms with E-state index in [9.17, 15) is 5.11 Å². The van der Waals surface area contributed by atoms with Gasteiger partial charge in [-0.05, 0) is 25.7 Å². The van der Waals surface area contributed by atoms with E-state index in [2.05, 4.69) is 5.92 Å². The van der Waals surface area contributed by atoms with Crippen LogP contribution in [0.2, 0.25) is 0 Å². The molecule has 0 heterocycles. The molecule has 1 N–H and O–H groups in total. The summed E-state index contributed by atoms with van der Waals surface area (Å²) in [6.45, 7) is 1.83. The number of hydrogen-bond donors (Lipinski definition) is 1. The molecule has 0 aliphatic heterocycles. The van der Waals surface area contributed by atoms with Crippen LogP contribution in [0.3, 0.4) is 0 Å². The summed E-state index contributed by atoms with van der Waals surface area (Å²) in [6.07, 6.45) is 10.3. The maximum absolute atomic E-state index is 9.65. The Morgan fingerprint density at radius 3 is 2.73 bits per heavy atom. The molecular formula is C10H16O. The number of rotatable bonds is 4. The van der Waals surface area contributed by atoms with Crippen molar-refractivity contribution >= 4 is 0 Å². The van der Waals surface area contributed by atoms with Gasteiger partial charge in [0.2, 0.25) is 0 Å². The van der Waals surface area contributed by atoms with Gasteiger partial charge in [-0.15, -0.1) is 12.3 Å². The van der Waals surface area contributed by atoms with E-state index in [1.807, 2.05) is 6.92 Å². The average Bonchev–Trinajstić information content (AvgIpc) is 2.65. The zero-order valence-corrected chi connectivity index (χ0v) is 7.14. The lowest BCUT2D eigenvalue weighted by molar-refractivity contribution is 0.0526. The second-order valence-corrected chi connectivity index (χ2v) is 3.86. The van der Waals surface area contributed by atoms with Crippen LogP contribution >= 0.6 is 0 Å². The predicted molar refractivity (Wildman–Crippen MR) is 46.0 cm³/mol. The van der Waals surface area contributed by atoms with Crippen molar-refractivity contribution in [3.05, 3.63) is 0 Å². The SMILES string of the molecule is C#CCC(C)(O)CCC1CC1. The van der Waals surface area contributed by atoms with Crippen molar-refractivity contribution in [2.45, 2.75) is 44.6 Å². The van der Waals surface area contributed by atoms with Crippen molar-refractivity contribution in [3.8, 4) is 12.3 Å². The minimum Gasteiger partial charge on any atom is -0.389 e. The van der Waals surface area contributed by atoms with E-state index in [1.165, 1.54) is 12.8 Å². The highest BCUT2D eigenvalue weighted by atomic mass is 16.3. The Labute approximate surface area is 68.8 Å². The predicted octanol–water partition coefficient (Wildman–Crippen LogP) is 1.95. The van der Waals surface area contributed by atoms with E-state index in [1.54, 1.807) is 0 Å². The summed E-state index contributed by atoms with van der Waals surface area (Å²) >= 11 is 0. The highest BCUT2D eigenvalue weighted by Gasteiger charge is 2.26. The first-order chi connectivity index (χ1) is 5.14. The Kier molecular flexibility index (Phi) is 2.57. The molecule has 1 unspecified atom stereocenters. The van der Waals surface area contributed by atoms with E-state index >= 15 is 0 Å². The summed E-state index contributed by atoms with van der Waals surface area (Å²) in [4.78, 5) is 0. The standard InChI is InChI=1S/C10H16O/c1-3-7-10(2,11)8-6-9-4-5-9/h1,9,11H,4-8H2,2H3. The Bertz CT molecular complexity index is 160.